The second-order valence-electron chi connectivity index (χ2n) is 0.940. The molecule has 5 heteroatoms. The number of hydrogen-bond acceptors (Lipinski definition) is 5. The molecule has 0 unspecified atom stereocenters. The van der Waals surface area contributed by atoms with Gasteiger partial charge >= 0.3 is 6.16 Å². The molecular formula is C3H7NO4. The zero-order valence-corrected chi connectivity index (χ0v) is 4.16. The standard InChI is InChI=1S/C3H7NO4/c4-8-3(6)7-2-1-5/h5H,1-2,4H2. The molecule has 0 aliphatic heterocycles. The molecule has 0 aromatic carbocycles. The van der Waals surface area contributed by atoms with Gasteiger partial charge in [0.1, 0.15) is 6.61 Å². The van der Waals surface area contributed by atoms with E-state index in [0.717, 1.165) is 0 Å². The molecule has 48 valence electrons. The molecular weight excluding hydrogens is 114 g/mol. The van der Waals surface area contributed by atoms with E-state index >= 15 is 0 Å². The van der Waals surface area contributed by atoms with Gasteiger partial charge in [-0.3, -0.25) is 0 Å². The lowest BCUT2D eigenvalue weighted by atomic mass is 10.8. The van der Waals surface area contributed by atoms with E-state index in [1.807, 2.05) is 0 Å². The first-order valence-electron chi connectivity index (χ1n) is 1.95. The van der Waals surface area contributed by atoms with Gasteiger partial charge in [-0.2, -0.15) is 5.90 Å². The molecule has 0 saturated carbocycles. The average molecular weight is 121 g/mol. The van der Waals surface area contributed by atoms with Crippen molar-refractivity contribution in [2.24, 2.45) is 5.90 Å². The normalized spacial score (nSPS) is 8.25. The maximum atomic E-state index is 9.89. The summed E-state index contributed by atoms with van der Waals surface area (Å²) in [7, 11) is 0. The van der Waals surface area contributed by atoms with E-state index in [1.54, 1.807) is 0 Å². The van der Waals surface area contributed by atoms with E-state index < -0.39 is 6.16 Å². The minimum atomic E-state index is -0.987. The Morgan fingerprint density at radius 1 is 1.75 bits per heavy atom. The summed E-state index contributed by atoms with van der Waals surface area (Å²) in [5.41, 5.74) is 0. The molecule has 0 bridgehead atoms. The van der Waals surface area contributed by atoms with Gasteiger partial charge in [0.05, 0.1) is 6.61 Å². The van der Waals surface area contributed by atoms with Gasteiger partial charge in [0, 0.05) is 0 Å². The minimum absolute atomic E-state index is 0.0873. The van der Waals surface area contributed by atoms with Crippen LogP contribution in [-0.2, 0) is 9.57 Å². The van der Waals surface area contributed by atoms with Gasteiger partial charge in [0.2, 0.25) is 0 Å². The number of hydrogen-bond donors (Lipinski definition) is 2. The van der Waals surface area contributed by atoms with Gasteiger partial charge in [-0.15, -0.1) is 0 Å². The zero-order valence-electron chi connectivity index (χ0n) is 4.16. The molecule has 0 aromatic rings. The van der Waals surface area contributed by atoms with E-state index in [9.17, 15) is 4.79 Å². The molecule has 0 radical (unpaired) electrons. The van der Waals surface area contributed by atoms with E-state index in [-0.39, 0.29) is 13.2 Å². The van der Waals surface area contributed by atoms with Gasteiger partial charge in [0.15, 0.2) is 0 Å². The van der Waals surface area contributed by atoms with Crippen molar-refractivity contribution in [3.8, 4) is 0 Å². The second-order valence-corrected chi connectivity index (χ2v) is 0.940. The Labute approximate surface area is 45.9 Å². The van der Waals surface area contributed by atoms with E-state index in [4.69, 9.17) is 5.11 Å². The lowest BCUT2D eigenvalue weighted by molar-refractivity contribution is 0.0433. The fourth-order valence-corrected chi connectivity index (χ4v) is 0.163. The quantitative estimate of drug-likeness (QED) is 0.362. The lowest BCUT2D eigenvalue weighted by Crippen LogP contribution is -2.13. The lowest BCUT2D eigenvalue weighted by Gasteiger charge is -1.96. The van der Waals surface area contributed by atoms with Gasteiger partial charge < -0.3 is 14.7 Å². The monoisotopic (exact) mass is 121 g/mol. The molecule has 0 amide bonds. The van der Waals surface area contributed by atoms with Crippen molar-refractivity contribution in [1.82, 2.24) is 0 Å². The van der Waals surface area contributed by atoms with Crippen molar-refractivity contribution < 1.29 is 19.5 Å². The van der Waals surface area contributed by atoms with Crippen LogP contribution >= 0.6 is 0 Å². The third-order valence-corrected chi connectivity index (χ3v) is 0.407. The Balaban J connectivity index is 2.99. The molecule has 0 heterocycles. The molecule has 5 nitrogen and oxygen atoms in total. The summed E-state index contributed by atoms with van der Waals surface area (Å²) in [6.07, 6.45) is -0.987. The molecule has 3 N–H and O–H groups in total. The van der Waals surface area contributed by atoms with Crippen molar-refractivity contribution in [3.05, 3.63) is 0 Å². The molecule has 0 saturated heterocycles. The van der Waals surface area contributed by atoms with E-state index in [0.29, 0.717) is 0 Å². The van der Waals surface area contributed by atoms with Crippen LogP contribution in [0.2, 0.25) is 0 Å². The molecule has 0 rings (SSSR count). The van der Waals surface area contributed by atoms with Crippen molar-refractivity contribution in [3.63, 3.8) is 0 Å². The molecule has 0 aromatic heterocycles. The van der Waals surface area contributed by atoms with Crippen LogP contribution in [0.4, 0.5) is 4.79 Å². The first kappa shape index (κ1) is 7.19. The summed E-state index contributed by atoms with van der Waals surface area (Å²) in [4.78, 5) is 13.5. The van der Waals surface area contributed by atoms with Crippen molar-refractivity contribution in [1.29, 1.82) is 0 Å². The van der Waals surface area contributed by atoms with Crippen molar-refractivity contribution in [2.75, 3.05) is 13.2 Å². The summed E-state index contributed by atoms with van der Waals surface area (Å²) >= 11 is 0. The molecule has 0 fully saturated rings. The Bertz CT molecular complexity index is 73.7. The van der Waals surface area contributed by atoms with Crippen LogP contribution in [0.1, 0.15) is 0 Å². The summed E-state index contributed by atoms with van der Waals surface area (Å²) in [6, 6.07) is 0. The molecule has 8 heavy (non-hydrogen) atoms. The minimum Gasteiger partial charge on any atom is -0.431 e. The van der Waals surface area contributed by atoms with Crippen LogP contribution in [-0.4, -0.2) is 24.5 Å². The van der Waals surface area contributed by atoms with Crippen molar-refractivity contribution in [2.45, 2.75) is 0 Å². The fraction of sp³-hybridized carbons (Fsp3) is 0.667. The fourth-order valence-electron chi connectivity index (χ4n) is 0.163. The summed E-state index contributed by atoms with van der Waals surface area (Å²) in [5, 5.41) is 8.04. The highest BCUT2D eigenvalue weighted by molar-refractivity contribution is 5.59. The number of aliphatic hydroxyl groups is 1. The third-order valence-electron chi connectivity index (χ3n) is 0.407. The van der Waals surface area contributed by atoms with Crippen LogP contribution in [0.15, 0.2) is 0 Å². The van der Waals surface area contributed by atoms with Gasteiger partial charge in [-0.1, -0.05) is 0 Å². The average Bonchev–Trinajstić information content (AvgIpc) is 1.83. The predicted octanol–water partition coefficient (Wildman–Crippen LogP) is -0.994. The summed E-state index contributed by atoms with van der Waals surface area (Å²) in [5.74, 6) is 4.36. The van der Waals surface area contributed by atoms with Crippen LogP contribution in [0.5, 0.6) is 0 Å². The largest absolute Gasteiger partial charge is 0.527 e. The van der Waals surface area contributed by atoms with Gasteiger partial charge in [-0.25, -0.2) is 4.79 Å². The zero-order chi connectivity index (χ0) is 6.41. The highest BCUT2D eigenvalue weighted by Gasteiger charge is 1.96. The first-order valence-corrected chi connectivity index (χ1v) is 1.95. The predicted molar refractivity (Wildman–Crippen MR) is 23.7 cm³/mol. The maximum absolute atomic E-state index is 9.89. The molecule has 0 spiro atoms. The Morgan fingerprint density at radius 3 is 2.75 bits per heavy atom. The smallest absolute Gasteiger partial charge is 0.431 e. The number of rotatable bonds is 2. The second kappa shape index (κ2) is 4.35. The number of carbonyl (C=O) groups excluding carboxylic acids is 1. The number of nitrogens with two attached hydrogens (primary N) is 1. The molecule has 0 atom stereocenters. The number of carbonyl (C=O) groups is 1. The van der Waals surface area contributed by atoms with Gasteiger partial charge in [-0.05, 0) is 0 Å². The van der Waals surface area contributed by atoms with Gasteiger partial charge in [0.25, 0.3) is 0 Å². The Hall–Kier alpha value is -0.810. The number of ether oxygens (including phenoxy) is 1. The maximum Gasteiger partial charge on any atom is 0.527 e. The SMILES string of the molecule is NOC(=O)OCCO. The van der Waals surface area contributed by atoms with Crippen LogP contribution in [0.3, 0.4) is 0 Å². The van der Waals surface area contributed by atoms with Crippen LogP contribution in [0, 0.1) is 0 Å². The highest BCUT2D eigenvalue weighted by atomic mass is 16.8. The van der Waals surface area contributed by atoms with Crippen LogP contribution < -0.4 is 5.90 Å². The third kappa shape index (κ3) is 3.38. The number of aliphatic hydroxyl groups excluding tert-OH is 1. The summed E-state index contributed by atoms with van der Waals surface area (Å²) in [6.45, 7) is -0.314. The topological polar surface area (TPSA) is 81.8 Å². The van der Waals surface area contributed by atoms with E-state index in [1.165, 1.54) is 0 Å². The Morgan fingerprint density at radius 2 is 2.38 bits per heavy atom. The van der Waals surface area contributed by atoms with Crippen molar-refractivity contribution >= 4 is 6.16 Å². The summed E-state index contributed by atoms with van der Waals surface area (Å²) < 4.78 is 4.10. The van der Waals surface area contributed by atoms with E-state index in [2.05, 4.69) is 15.5 Å². The van der Waals surface area contributed by atoms with Crippen LogP contribution in [0.25, 0.3) is 0 Å². The Kier molecular flexibility index (Phi) is 3.91. The molecule has 0 aliphatic carbocycles. The molecule has 0 aliphatic rings. The highest BCUT2D eigenvalue weighted by Crippen LogP contribution is 1.76. The first-order chi connectivity index (χ1) is 3.81.